The Morgan fingerprint density at radius 1 is 1.27 bits per heavy atom. The summed E-state index contributed by atoms with van der Waals surface area (Å²) in [5.74, 6) is 0.825. The Morgan fingerprint density at radius 2 is 2.03 bits per heavy atom. The van der Waals surface area contributed by atoms with Crippen molar-refractivity contribution in [3.8, 4) is 17.4 Å². The van der Waals surface area contributed by atoms with Crippen LogP contribution in [0.15, 0.2) is 29.4 Å². The van der Waals surface area contributed by atoms with Crippen LogP contribution in [0, 0.1) is 6.92 Å². The minimum Gasteiger partial charge on any atom is -0.504 e. The zero-order valence-corrected chi connectivity index (χ0v) is 17.3. The van der Waals surface area contributed by atoms with E-state index in [1.54, 1.807) is 24.3 Å². The summed E-state index contributed by atoms with van der Waals surface area (Å²) in [5.41, 5.74) is 3.57. The number of aromatic nitrogens is 2. The summed E-state index contributed by atoms with van der Waals surface area (Å²) in [6, 6.07) is 6.69. The highest BCUT2D eigenvalue weighted by Crippen LogP contribution is 2.27. The molecular formula is C21H27N5O4. The van der Waals surface area contributed by atoms with Gasteiger partial charge in [0, 0.05) is 30.4 Å². The minimum absolute atomic E-state index is 0.0493. The monoisotopic (exact) mass is 413 g/mol. The van der Waals surface area contributed by atoms with Crippen molar-refractivity contribution >= 4 is 18.1 Å². The largest absolute Gasteiger partial charge is 0.504 e. The molecule has 1 fully saturated rings. The van der Waals surface area contributed by atoms with Gasteiger partial charge in [0.15, 0.2) is 18.1 Å². The van der Waals surface area contributed by atoms with E-state index in [0.717, 1.165) is 31.6 Å². The second-order valence-electron chi connectivity index (χ2n) is 7.03. The van der Waals surface area contributed by atoms with Gasteiger partial charge in [0.2, 0.25) is 11.8 Å². The quantitative estimate of drug-likeness (QED) is 0.530. The zero-order valence-electron chi connectivity index (χ0n) is 17.3. The van der Waals surface area contributed by atoms with Crippen molar-refractivity contribution in [3.63, 3.8) is 0 Å². The maximum absolute atomic E-state index is 12.0. The number of methoxy groups -OCH3 is 1. The van der Waals surface area contributed by atoms with E-state index in [0.29, 0.717) is 23.1 Å². The number of hydrogen-bond donors (Lipinski definition) is 2. The summed E-state index contributed by atoms with van der Waals surface area (Å²) in [4.78, 5) is 23.2. The molecule has 160 valence electrons. The molecule has 1 aliphatic heterocycles. The second-order valence-corrected chi connectivity index (χ2v) is 7.03. The third-order valence-corrected chi connectivity index (χ3v) is 4.70. The molecule has 2 N–H and O–H groups in total. The van der Waals surface area contributed by atoms with E-state index in [1.165, 1.54) is 26.2 Å². The fourth-order valence-corrected chi connectivity index (χ4v) is 3.16. The molecule has 0 unspecified atom stereocenters. The number of ether oxygens (including phenoxy) is 2. The fourth-order valence-electron chi connectivity index (χ4n) is 3.16. The van der Waals surface area contributed by atoms with Crippen LogP contribution in [0.25, 0.3) is 0 Å². The number of anilines is 1. The number of amides is 1. The van der Waals surface area contributed by atoms with Gasteiger partial charge in [-0.05, 0) is 31.9 Å². The van der Waals surface area contributed by atoms with Crippen molar-refractivity contribution in [1.29, 1.82) is 0 Å². The van der Waals surface area contributed by atoms with Crippen molar-refractivity contribution in [1.82, 2.24) is 15.4 Å². The number of phenolic OH excluding ortho intramolecular Hbond substituents is 1. The van der Waals surface area contributed by atoms with Crippen molar-refractivity contribution < 1.29 is 19.4 Å². The summed E-state index contributed by atoms with van der Waals surface area (Å²) in [6.45, 7) is 3.49. The normalized spacial score (nSPS) is 14.4. The molecule has 0 spiro atoms. The Hall–Kier alpha value is -3.36. The number of nitrogens with one attached hydrogen (secondary N) is 1. The van der Waals surface area contributed by atoms with E-state index < -0.39 is 5.91 Å². The first kappa shape index (κ1) is 21.4. The van der Waals surface area contributed by atoms with Gasteiger partial charge in [-0.1, -0.05) is 18.9 Å². The first-order valence-corrected chi connectivity index (χ1v) is 9.98. The van der Waals surface area contributed by atoms with Crippen LogP contribution in [0.2, 0.25) is 0 Å². The van der Waals surface area contributed by atoms with Gasteiger partial charge in [-0.3, -0.25) is 4.79 Å². The molecule has 1 saturated heterocycles. The zero-order chi connectivity index (χ0) is 21.3. The van der Waals surface area contributed by atoms with Crippen LogP contribution < -0.4 is 19.8 Å². The lowest BCUT2D eigenvalue weighted by Crippen LogP contribution is -2.27. The van der Waals surface area contributed by atoms with Gasteiger partial charge in [-0.25, -0.2) is 10.4 Å². The third-order valence-electron chi connectivity index (χ3n) is 4.70. The predicted molar refractivity (Wildman–Crippen MR) is 113 cm³/mol. The van der Waals surface area contributed by atoms with Crippen LogP contribution in [0.3, 0.4) is 0 Å². The van der Waals surface area contributed by atoms with Crippen LogP contribution in [-0.2, 0) is 4.79 Å². The standard InChI is InChI=1S/C21H27N5O4/c1-15-12-19(24-21(23-15)26-10-5-3-4-6-11-26)30-14-18(27)25-22-13-16-8-7-9-17(29-2)20(16)28/h7-9,12-13,28H,3-6,10-11,14H2,1-2H3,(H,25,27). The molecule has 0 bridgehead atoms. The molecular weight excluding hydrogens is 386 g/mol. The molecule has 9 heteroatoms. The molecule has 3 rings (SSSR count). The molecule has 1 aliphatic rings. The number of aromatic hydroxyl groups is 1. The summed E-state index contributed by atoms with van der Waals surface area (Å²) < 4.78 is 10.6. The van der Waals surface area contributed by atoms with Crippen LogP contribution in [-0.4, -0.2) is 54.0 Å². The Kier molecular flexibility index (Phi) is 7.42. The summed E-state index contributed by atoms with van der Waals surface area (Å²) in [7, 11) is 1.46. The van der Waals surface area contributed by atoms with Gasteiger partial charge in [0.25, 0.3) is 5.91 Å². The van der Waals surface area contributed by atoms with E-state index in [4.69, 9.17) is 9.47 Å². The van der Waals surface area contributed by atoms with E-state index in [1.807, 2.05) is 6.92 Å². The highest BCUT2D eigenvalue weighted by molar-refractivity contribution is 5.86. The molecule has 30 heavy (non-hydrogen) atoms. The number of hydrazone groups is 1. The lowest BCUT2D eigenvalue weighted by atomic mass is 10.2. The van der Waals surface area contributed by atoms with Gasteiger partial charge in [-0.15, -0.1) is 0 Å². The van der Waals surface area contributed by atoms with Gasteiger partial charge in [-0.2, -0.15) is 10.1 Å². The van der Waals surface area contributed by atoms with Gasteiger partial charge in [0.1, 0.15) is 0 Å². The molecule has 0 saturated carbocycles. The van der Waals surface area contributed by atoms with E-state index in [2.05, 4.69) is 25.4 Å². The lowest BCUT2D eigenvalue weighted by molar-refractivity contribution is -0.123. The number of phenols is 1. The smallest absolute Gasteiger partial charge is 0.278 e. The number of aryl methyl sites for hydroxylation is 1. The molecule has 0 aliphatic carbocycles. The first-order chi connectivity index (χ1) is 14.6. The Balaban J connectivity index is 1.55. The number of rotatable bonds is 7. The van der Waals surface area contributed by atoms with Crippen molar-refractivity contribution in [3.05, 3.63) is 35.5 Å². The summed E-state index contributed by atoms with van der Waals surface area (Å²) >= 11 is 0. The number of carbonyl (C=O) groups is 1. The molecule has 9 nitrogen and oxygen atoms in total. The first-order valence-electron chi connectivity index (χ1n) is 9.98. The van der Waals surface area contributed by atoms with E-state index in [-0.39, 0.29) is 12.4 Å². The topological polar surface area (TPSA) is 109 Å². The van der Waals surface area contributed by atoms with E-state index in [9.17, 15) is 9.90 Å². The highest BCUT2D eigenvalue weighted by Gasteiger charge is 2.15. The van der Waals surface area contributed by atoms with Gasteiger partial charge >= 0.3 is 0 Å². The van der Waals surface area contributed by atoms with Crippen LogP contribution in [0.5, 0.6) is 17.4 Å². The average molecular weight is 413 g/mol. The van der Waals surface area contributed by atoms with Crippen molar-refractivity contribution in [2.75, 3.05) is 31.7 Å². The lowest BCUT2D eigenvalue weighted by Gasteiger charge is -2.20. The molecule has 1 aromatic heterocycles. The second kappa shape index (κ2) is 10.4. The van der Waals surface area contributed by atoms with Crippen LogP contribution >= 0.6 is 0 Å². The molecule has 1 aromatic carbocycles. The van der Waals surface area contributed by atoms with Gasteiger partial charge < -0.3 is 19.5 Å². The SMILES string of the molecule is COc1cccc(C=NNC(=O)COc2cc(C)nc(N3CCCCCC3)n2)c1O. The fraction of sp³-hybridized carbons (Fsp3) is 0.429. The highest BCUT2D eigenvalue weighted by atomic mass is 16.5. The maximum Gasteiger partial charge on any atom is 0.278 e. The van der Waals surface area contributed by atoms with Crippen molar-refractivity contribution in [2.24, 2.45) is 5.10 Å². The van der Waals surface area contributed by atoms with Gasteiger partial charge in [0.05, 0.1) is 13.3 Å². The molecule has 2 aromatic rings. The molecule has 2 heterocycles. The average Bonchev–Trinajstić information content (AvgIpc) is 3.03. The third kappa shape index (κ3) is 5.82. The Morgan fingerprint density at radius 3 is 2.77 bits per heavy atom. The number of hydrogen-bond acceptors (Lipinski definition) is 8. The minimum atomic E-state index is -0.443. The Labute approximate surface area is 175 Å². The molecule has 0 radical (unpaired) electrons. The van der Waals surface area contributed by atoms with E-state index >= 15 is 0 Å². The van der Waals surface area contributed by atoms with Crippen LogP contribution in [0.1, 0.15) is 36.9 Å². The maximum atomic E-state index is 12.0. The predicted octanol–water partition coefficient (Wildman–Crippen LogP) is 2.41. The van der Waals surface area contributed by atoms with Crippen LogP contribution in [0.4, 0.5) is 5.95 Å². The summed E-state index contributed by atoms with van der Waals surface area (Å²) in [6.07, 6.45) is 6.02. The molecule has 1 amide bonds. The number of carbonyl (C=O) groups excluding carboxylic acids is 1. The summed E-state index contributed by atoms with van der Waals surface area (Å²) in [5, 5.41) is 13.9. The number of nitrogens with zero attached hydrogens (tertiary/aromatic N) is 4. The number of para-hydroxylation sites is 1. The Bertz CT molecular complexity index is 895. The molecule has 0 atom stereocenters. The van der Waals surface area contributed by atoms with Crippen molar-refractivity contribution in [2.45, 2.75) is 32.6 Å². The number of benzene rings is 1.